The fraction of sp³-hybridized carbons (Fsp3) is 1.00. The summed E-state index contributed by atoms with van der Waals surface area (Å²) < 4.78 is 36.9. The van der Waals surface area contributed by atoms with Gasteiger partial charge in [-0.3, -0.25) is 9.80 Å². The normalized spacial score (nSPS) is 34.9. The molecule has 0 aromatic rings. The van der Waals surface area contributed by atoms with Crippen LogP contribution in [0.4, 0.5) is 13.2 Å². The summed E-state index contributed by atoms with van der Waals surface area (Å²) in [4.78, 5) is 3.67. The number of hydrogen-bond donors (Lipinski definition) is 2. The topological polar surface area (TPSA) is 52.7 Å². The van der Waals surface area contributed by atoms with Crippen molar-refractivity contribution in [1.29, 1.82) is 0 Å². The van der Waals surface area contributed by atoms with E-state index in [1.165, 1.54) is 4.90 Å². The van der Waals surface area contributed by atoms with E-state index in [1.807, 2.05) is 0 Å². The van der Waals surface area contributed by atoms with E-state index in [0.29, 0.717) is 32.2 Å². The second kappa shape index (κ2) is 5.55. The third-order valence-corrected chi connectivity index (χ3v) is 4.26. The van der Waals surface area contributed by atoms with Gasteiger partial charge in [-0.15, -0.1) is 0 Å². The Morgan fingerprint density at radius 3 is 2.32 bits per heavy atom. The zero-order valence-electron chi connectivity index (χ0n) is 11.0. The Bertz CT molecular complexity index is 305. The molecule has 7 heteroatoms. The molecular weight excluding hydrogens is 259 g/mol. The molecule has 0 aromatic carbocycles. The molecule has 1 aliphatic carbocycles. The lowest BCUT2D eigenvalue weighted by Crippen LogP contribution is -2.52. The minimum atomic E-state index is -4.11. The summed E-state index contributed by atoms with van der Waals surface area (Å²) >= 11 is 0. The highest BCUT2D eigenvalue weighted by Crippen LogP contribution is 2.31. The molecule has 1 saturated heterocycles. The van der Waals surface area contributed by atoms with Crippen molar-refractivity contribution in [1.82, 2.24) is 9.80 Å². The van der Waals surface area contributed by atoms with Crippen molar-refractivity contribution < 1.29 is 18.3 Å². The third kappa shape index (κ3) is 4.05. The van der Waals surface area contributed by atoms with Gasteiger partial charge in [-0.05, 0) is 19.3 Å². The molecular formula is C12H22F3N3O. The Hall–Kier alpha value is -0.370. The molecule has 4 nitrogen and oxygen atoms in total. The predicted octanol–water partition coefficient (Wildman–Crippen LogP) is 0.409. The molecule has 2 fully saturated rings. The highest BCUT2D eigenvalue weighted by molar-refractivity contribution is 4.97. The number of rotatable bonds is 3. The van der Waals surface area contributed by atoms with Gasteiger partial charge in [0.15, 0.2) is 0 Å². The van der Waals surface area contributed by atoms with Crippen molar-refractivity contribution >= 4 is 0 Å². The van der Waals surface area contributed by atoms with Gasteiger partial charge in [0.1, 0.15) is 0 Å². The first-order chi connectivity index (χ1) is 8.81. The molecule has 1 saturated carbocycles. The van der Waals surface area contributed by atoms with Crippen LogP contribution in [0.1, 0.15) is 19.3 Å². The largest absolute Gasteiger partial charge is 0.401 e. The number of aliphatic hydroxyl groups is 1. The van der Waals surface area contributed by atoms with Gasteiger partial charge in [-0.1, -0.05) is 0 Å². The molecule has 0 spiro atoms. The highest BCUT2D eigenvalue weighted by Gasteiger charge is 2.39. The predicted molar refractivity (Wildman–Crippen MR) is 65.7 cm³/mol. The fourth-order valence-electron chi connectivity index (χ4n) is 3.12. The molecule has 112 valence electrons. The maximum atomic E-state index is 12.3. The zero-order chi connectivity index (χ0) is 14.1. The molecule has 2 aliphatic rings. The van der Waals surface area contributed by atoms with Gasteiger partial charge in [-0.25, -0.2) is 0 Å². The molecule has 1 aliphatic heterocycles. The average molecular weight is 281 g/mol. The van der Waals surface area contributed by atoms with Crippen LogP contribution in [0.3, 0.4) is 0 Å². The monoisotopic (exact) mass is 281 g/mol. The van der Waals surface area contributed by atoms with Gasteiger partial charge in [-0.2, -0.15) is 13.2 Å². The number of halogens is 3. The maximum Gasteiger partial charge on any atom is 0.401 e. The summed E-state index contributed by atoms with van der Waals surface area (Å²) in [6.45, 7) is 1.38. The van der Waals surface area contributed by atoms with Crippen LogP contribution in [0.25, 0.3) is 0 Å². The fourth-order valence-corrected chi connectivity index (χ4v) is 3.12. The van der Waals surface area contributed by atoms with Crippen molar-refractivity contribution in [2.75, 3.05) is 39.3 Å². The number of piperazine rings is 1. The Labute approximate surface area is 111 Å². The third-order valence-electron chi connectivity index (χ3n) is 4.26. The number of alkyl halides is 3. The van der Waals surface area contributed by atoms with Gasteiger partial charge in [0.2, 0.25) is 0 Å². The number of hydrogen-bond acceptors (Lipinski definition) is 4. The van der Waals surface area contributed by atoms with Crippen molar-refractivity contribution in [3.8, 4) is 0 Å². The molecule has 1 heterocycles. The molecule has 3 N–H and O–H groups in total. The van der Waals surface area contributed by atoms with Crippen LogP contribution in [0.2, 0.25) is 0 Å². The molecule has 19 heavy (non-hydrogen) atoms. The van der Waals surface area contributed by atoms with E-state index in [1.54, 1.807) is 0 Å². The standard InChI is InChI=1S/C12H22F3N3O/c13-12(14,15)8-17-3-5-18(6-4-17)10-1-2-11(16,7-10)9-19/h10,19H,1-9,16H2. The summed E-state index contributed by atoms with van der Waals surface area (Å²) in [6.07, 6.45) is -1.66. The molecule has 0 aromatic heterocycles. The minimum absolute atomic E-state index is 0.0163. The molecule has 0 amide bonds. The van der Waals surface area contributed by atoms with Crippen molar-refractivity contribution in [2.24, 2.45) is 5.73 Å². The lowest BCUT2D eigenvalue weighted by Gasteiger charge is -2.38. The van der Waals surface area contributed by atoms with E-state index in [9.17, 15) is 18.3 Å². The van der Waals surface area contributed by atoms with E-state index in [4.69, 9.17) is 5.73 Å². The summed E-state index contributed by atoms with van der Waals surface area (Å²) in [5, 5.41) is 9.23. The van der Waals surface area contributed by atoms with Crippen molar-refractivity contribution in [3.05, 3.63) is 0 Å². The van der Waals surface area contributed by atoms with Gasteiger partial charge < -0.3 is 10.8 Å². The molecule has 0 radical (unpaired) electrons. The summed E-state index contributed by atoms with van der Waals surface area (Å²) in [7, 11) is 0. The van der Waals surface area contributed by atoms with Gasteiger partial charge in [0.05, 0.1) is 13.2 Å². The minimum Gasteiger partial charge on any atom is -0.394 e. The van der Waals surface area contributed by atoms with Crippen molar-refractivity contribution in [3.63, 3.8) is 0 Å². The first-order valence-corrected chi connectivity index (χ1v) is 6.74. The number of nitrogens with zero attached hydrogens (tertiary/aromatic N) is 2. The summed E-state index contributed by atoms with van der Waals surface area (Å²) in [5.74, 6) is 0. The van der Waals surface area contributed by atoms with Crippen LogP contribution in [-0.2, 0) is 0 Å². The van der Waals surface area contributed by atoms with Crippen LogP contribution in [0, 0.1) is 0 Å². The van der Waals surface area contributed by atoms with Crippen LogP contribution in [0.15, 0.2) is 0 Å². The number of nitrogens with two attached hydrogens (primary N) is 1. The van der Waals surface area contributed by atoms with Gasteiger partial charge in [0, 0.05) is 37.8 Å². The van der Waals surface area contributed by atoms with E-state index in [-0.39, 0.29) is 6.61 Å². The van der Waals surface area contributed by atoms with E-state index in [0.717, 1.165) is 19.3 Å². The zero-order valence-corrected chi connectivity index (χ0v) is 11.0. The second-order valence-corrected chi connectivity index (χ2v) is 5.84. The van der Waals surface area contributed by atoms with E-state index >= 15 is 0 Å². The van der Waals surface area contributed by atoms with Crippen LogP contribution in [-0.4, -0.2) is 72.0 Å². The van der Waals surface area contributed by atoms with E-state index in [2.05, 4.69) is 4.90 Å². The highest BCUT2D eigenvalue weighted by atomic mass is 19.4. The smallest absolute Gasteiger partial charge is 0.394 e. The van der Waals surface area contributed by atoms with Crippen LogP contribution < -0.4 is 5.73 Å². The number of aliphatic hydroxyl groups excluding tert-OH is 1. The average Bonchev–Trinajstić information content (AvgIpc) is 2.72. The van der Waals surface area contributed by atoms with Crippen LogP contribution >= 0.6 is 0 Å². The molecule has 2 unspecified atom stereocenters. The lowest BCUT2D eigenvalue weighted by molar-refractivity contribution is -0.149. The van der Waals surface area contributed by atoms with E-state index < -0.39 is 18.3 Å². The first kappa shape index (κ1) is 15.0. The van der Waals surface area contributed by atoms with Crippen LogP contribution in [0.5, 0.6) is 0 Å². The second-order valence-electron chi connectivity index (χ2n) is 5.84. The summed E-state index contributed by atoms with van der Waals surface area (Å²) in [6, 6.07) is 0.310. The maximum absolute atomic E-state index is 12.3. The lowest BCUT2D eigenvalue weighted by atomic mass is 10.0. The molecule has 2 rings (SSSR count). The first-order valence-electron chi connectivity index (χ1n) is 6.74. The molecule has 2 atom stereocenters. The summed E-state index contributed by atoms with van der Waals surface area (Å²) in [5.41, 5.74) is 5.54. The van der Waals surface area contributed by atoms with Gasteiger partial charge >= 0.3 is 6.18 Å². The quantitative estimate of drug-likeness (QED) is 0.787. The Morgan fingerprint density at radius 2 is 1.84 bits per heavy atom. The van der Waals surface area contributed by atoms with Crippen molar-refractivity contribution in [2.45, 2.75) is 37.0 Å². The Balaban J connectivity index is 1.78. The molecule has 0 bridgehead atoms. The Morgan fingerprint density at radius 1 is 1.21 bits per heavy atom. The van der Waals surface area contributed by atoms with Gasteiger partial charge in [0.25, 0.3) is 0 Å². The SMILES string of the molecule is NC1(CO)CCC(N2CCN(CC(F)(F)F)CC2)C1. The Kier molecular flexibility index (Phi) is 4.39.